The van der Waals surface area contributed by atoms with Crippen molar-refractivity contribution in [3.8, 4) is 0 Å². The number of aromatic nitrogens is 2. The Kier molecular flexibility index (Phi) is 3.23. The van der Waals surface area contributed by atoms with Crippen LogP contribution >= 0.6 is 0 Å². The molecular weight excluding hydrogens is 238 g/mol. The molecular formula is C15H19N3O. The molecule has 1 fully saturated rings. The highest BCUT2D eigenvalue weighted by atomic mass is 16.5. The molecule has 1 unspecified atom stereocenters. The monoisotopic (exact) mass is 257 g/mol. The first-order chi connectivity index (χ1) is 9.20. The van der Waals surface area contributed by atoms with Gasteiger partial charge in [-0.05, 0) is 42.4 Å². The maximum Gasteiger partial charge on any atom is 0.227 e. The highest BCUT2D eigenvalue weighted by Crippen LogP contribution is 2.31. The van der Waals surface area contributed by atoms with Gasteiger partial charge in [0.05, 0.1) is 0 Å². The van der Waals surface area contributed by atoms with Crippen LogP contribution in [0.2, 0.25) is 0 Å². The van der Waals surface area contributed by atoms with Crippen molar-refractivity contribution in [2.24, 2.45) is 5.92 Å². The Balaban J connectivity index is 1.63. The highest BCUT2D eigenvalue weighted by molar-refractivity contribution is 5.40. The minimum Gasteiger partial charge on any atom is -0.399 e. The van der Waals surface area contributed by atoms with Gasteiger partial charge in [-0.3, -0.25) is 0 Å². The van der Waals surface area contributed by atoms with Crippen LogP contribution in [-0.2, 0) is 12.8 Å². The molecule has 0 amide bonds. The zero-order valence-electron chi connectivity index (χ0n) is 11.2. The standard InChI is InChI=1S/C15H19N3O/c1-10(12-4-6-13(16)7-5-12)8-15-17-14(18-19-15)9-11-2-3-11/h4-7,10-11H,2-3,8-9,16H2,1H3. The summed E-state index contributed by atoms with van der Waals surface area (Å²) in [5.74, 6) is 2.75. The summed E-state index contributed by atoms with van der Waals surface area (Å²) in [7, 11) is 0. The smallest absolute Gasteiger partial charge is 0.227 e. The Morgan fingerprint density at radius 1 is 1.32 bits per heavy atom. The molecule has 0 radical (unpaired) electrons. The van der Waals surface area contributed by atoms with Gasteiger partial charge in [0.1, 0.15) is 0 Å². The number of nitrogens with two attached hydrogens (primary N) is 1. The molecule has 1 aromatic carbocycles. The molecule has 1 saturated carbocycles. The molecule has 4 nitrogen and oxygen atoms in total. The summed E-state index contributed by atoms with van der Waals surface area (Å²) in [6.07, 6.45) is 4.37. The molecule has 19 heavy (non-hydrogen) atoms. The van der Waals surface area contributed by atoms with Gasteiger partial charge in [-0.1, -0.05) is 24.2 Å². The van der Waals surface area contributed by atoms with Crippen molar-refractivity contribution in [3.63, 3.8) is 0 Å². The molecule has 1 heterocycles. The minimum atomic E-state index is 0.356. The van der Waals surface area contributed by atoms with Gasteiger partial charge < -0.3 is 10.3 Å². The van der Waals surface area contributed by atoms with E-state index in [1.54, 1.807) is 0 Å². The number of benzene rings is 1. The van der Waals surface area contributed by atoms with Crippen LogP contribution in [0.25, 0.3) is 0 Å². The Hall–Kier alpha value is -1.84. The summed E-state index contributed by atoms with van der Waals surface area (Å²) < 4.78 is 5.32. The lowest BCUT2D eigenvalue weighted by molar-refractivity contribution is 0.366. The van der Waals surface area contributed by atoms with Crippen molar-refractivity contribution in [2.75, 3.05) is 5.73 Å². The summed E-state index contributed by atoms with van der Waals surface area (Å²) in [6.45, 7) is 2.16. The lowest BCUT2D eigenvalue weighted by atomic mass is 9.98. The fourth-order valence-corrected chi connectivity index (χ4v) is 2.24. The second-order valence-corrected chi connectivity index (χ2v) is 5.52. The lowest BCUT2D eigenvalue weighted by Gasteiger charge is -2.09. The molecule has 0 bridgehead atoms. The van der Waals surface area contributed by atoms with Crippen LogP contribution in [-0.4, -0.2) is 10.1 Å². The van der Waals surface area contributed by atoms with E-state index in [9.17, 15) is 0 Å². The van der Waals surface area contributed by atoms with Crippen molar-refractivity contribution in [3.05, 3.63) is 41.5 Å². The number of anilines is 1. The fraction of sp³-hybridized carbons (Fsp3) is 0.467. The minimum absolute atomic E-state index is 0.356. The van der Waals surface area contributed by atoms with Gasteiger partial charge in [0.2, 0.25) is 5.89 Å². The number of nitrogens with zero attached hydrogens (tertiary/aromatic N) is 2. The third-order valence-electron chi connectivity index (χ3n) is 3.66. The first-order valence-electron chi connectivity index (χ1n) is 6.87. The molecule has 1 aliphatic carbocycles. The molecule has 2 N–H and O–H groups in total. The van der Waals surface area contributed by atoms with Crippen LogP contribution < -0.4 is 5.73 Å². The molecule has 0 saturated heterocycles. The third kappa shape index (κ3) is 3.13. The maximum absolute atomic E-state index is 5.69. The van der Waals surface area contributed by atoms with Crippen LogP contribution in [0, 0.1) is 5.92 Å². The lowest BCUT2D eigenvalue weighted by Crippen LogP contribution is -1.99. The molecule has 1 aliphatic rings. The number of nitrogen functional groups attached to an aromatic ring is 1. The van der Waals surface area contributed by atoms with Crippen molar-refractivity contribution < 1.29 is 4.52 Å². The molecule has 0 aliphatic heterocycles. The zero-order valence-corrected chi connectivity index (χ0v) is 11.2. The summed E-state index contributed by atoms with van der Waals surface area (Å²) in [5.41, 5.74) is 7.73. The van der Waals surface area contributed by atoms with Crippen LogP contribution in [0.15, 0.2) is 28.8 Å². The van der Waals surface area contributed by atoms with Gasteiger partial charge in [-0.15, -0.1) is 0 Å². The second kappa shape index (κ2) is 5.03. The second-order valence-electron chi connectivity index (χ2n) is 5.52. The average Bonchev–Trinajstić information content (AvgIpc) is 3.10. The van der Waals surface area contributed by atoms with Crippen molar-refractivity contribution in [1.82, 2.24) is 10.1 Å². The molecule has 2 aromatic rings. The first-order valence-corrected chi connectivity index (χ1v) is 6.87. The number of rotatable bonds is 5. The van der Waals surface area contributed by atoms with E-state index < -0.39 is 0 Å². The average molecular weight is 257 g/mol. The van der Waals surface area contributed by atoms with Gasteiger partial charge in [-0.2, -0.15) is 4.98 Å². The van der Waals surface area contributed by atoms with Crippen molar-refractivity contribution in [1.29, 1.82) is 0 Å². The van der Waals surface area contributed by atoms with Crippen molar-refractivity contribution in [2.45, 2.75) is 38.5 Å². The normalized spacial score (nSPS) is 16.5. The van der Waals surface area contributed by atoms with E-state index in [-0.39, 0.29) is 0 Å². The summed E-state index contributed by atoms with van der Waals surface area (Å²) >= 11 is 0. The van der Waals surface area contributed by atoms with Gasteiger partial charge in [0.25, 0.3) is 0 Å². The summed E-state index contributed by atoms with van der Waals surface area (Å²) in [4.78, 5) is 4.47. The van der Waals surface area contributed by atoms with Crippen LogP contribution in [0.3, 0.4) is 0 Å². The molecule has 0 spiro atoms. The summed E-state index contributed by atoms with van der Waals surface area (Å²) in [5, 5.41) is 4.05. The summed E-state index contributed by atoms with van der Waals surface area (Å²) in [6, 6.07) is 7.97. The Morgan fingerprint density at radius 3 is 2.74 bits per heavy atom. The van der Waals surface area contributed by atoms with Gasteiger partial charge in [0.15, 0.2) is 5.82 Å². The topological polar surface area (TPSA) is 64.9 Å². The predicted octanol–water partition coefficient (Wildman–Crippen LogP) is 2.95. The first kappa shape index (κ1) is 12.2. The highest BCUT2D eigenvalue weighted by Gasteiger charge is 2.24. The van der Waals surface area contributed by atoms with Gasteiger partial charge in [-0.25, -0.2) is 0 Å². The molecule has 1 atom stereocenters. The zero-order chi connectivity index (χ0) is 13.2. The van der Waals surface area contributed by atoms with Crippen LogP contribution in [0.4, 0.5) is 5.69 Å². The Morgan fingerprint density at radius 2 is 2.05 bits per heavy atom. The van der Waals surface area contributed by atoms with Crippen LogP contribution in [0.5, 0.6) is 0 Å². The van der Waals surface area contributed by atoms with E-state index >= 15 is 0 Å². The Labute approximate surface area is 113 Å². The van der Waals surface area contributed by atoms with Crippen molar-refractivity contribution >= 4 is 5.69 Å². The van der Waals surface area contributed by atoms with E-state index in [0.29, 0.717) is 5.92 Å². The van der Waals surface area contributed by atoms with Gasteiger partial charge >= 0.3 is 0 Å². The molecule has 3 rings (SSSR count). The van der Waals surface area contributed by atoms with E-state index in [1.165, 1.54) is 18.4 Å². The fourth-order valence-electron chi connectivity index (χ4n) is 2.24. The van der Waals surface area contributed by atoms with E-state index in [1.807, 2.05) is 12.1 Å². The largest absolute Gasteiger partial charge is 0.399 e. The number of hydrogen-bond donors (Lipinski definition) is 1. The van der Waals surface area contributed by atoms with E-state index in [4.69, 9.17) is 10.3 Å². The third-order valence-corrected chi connectivity index (χ3v) is 3.66. The maximum atomic E-state index is 5.69. The predicted molar refractivity (Wildman–Crippen MR) is 73.7 cm³/mol. The Bertz CT molecular complexity index is 543. The SMILES string of the molecule is CC(Cc1nc(CC2CC2)no1)c1ccc(N)cc1. The van der Waals surface area contributed by atoms with E-state index in [0.717, 1.165) is 36.2 Å². The molecule has 1 aromatic heterocycles. The van der Waals surface area contributed by atoms with E-state index in [2.05, 4.69) is 29.2 Å². The van der Waals surface area contributed by atoms with Crippen LogP contribution in [0.1, 0.15) is 43.0 Å². The molecule has 4 heteroatoms. The van der Waals surface area contributed by atoms with Gasteiger partial charge in [0, 0.05) is 18.5 Å². The molecule has 100 valence electrons. The number of hydrogen-bond acceptors (Lipinski definition) is 4. The quantitative estimate of drug-likeness (QED) is 0.836.